The molecule has 1 aromatic rings. The van der Waals surface area contributed by atoms with Crippen LogP contribution in [0, 0.1) is 0 Å². The Morgan fingerprint density at radius 3 is 3.21 bits per heavy atom. The van der Waals surface area contributed by atoms with E-state index in [0.29, 0.717) is 5.75 Å². The molecule has 0 aliphatic carbocycles. The minimum atomic E-state index is -0.832. The molecule has 0 radical (unpaired) electrons. The fourth-order valence-electron chi connectivity index (χ4n) is 1.61. The van der Waals surface area contributed by atoms with Gasteiger partial charge in [0, 0.05) is 29.0 Å². The SMILES string of the molecule is C[C@H]1OCC[C@H]1[S@@](=O)Cc1nccs1. The van der Waals surface area contributed by atoms with Crippen molar-refractivity contribution in [3.05, 3.63) is 16.6 Å². The molecule has 1 aromatic heterocycles. The molecule has 2 rings (SSSR count). The molecule has 1 fully saturated rings. The Bertz CT molecular complexity index is 313. The van der Waals surface area contributed by atoms with Crippen molar-refractivity contribution < 1.29 is 8.95 Å². The zero-order valence-electron chi connectivity index (χ0n) is 8.01. The highest BCUT2D eigenvalue weighted by molar-refractivity contribution is 7.85. The van der Waals surface area contributed by atoms with Gasteiger partial charge in [-0.05, 0) is 13.3 Å². The van der Waals surface area contributed by atoms with Crippen molar-refractivity contribution in [1.82, 2.24) is 4.98 Å². The third-order valence-electron chi connectivity index (χ3n) is 2.39. The van der Waals surface area contributed by atoms with Crippen molar-refractivity contribution in [2.45, 2.75) is 30.5 Å². The number of aromatic nitrogens is 1. The average Bonchev–Trinajstić information content (AvgIpc) is 2.75. The Morgan fingerprint density at radius 1 is 1.79 bits per heavy atom. The van der Waals surface area contributed by atoms with Crippen molar-refractivity contribution >= 4 is 22.1 Å². The van der Waals surface area contributed by atoms with Gasteiger partial charge in [0.15, 0.2) is 0 Å². The van der Waals surface area contributed by atoms with Crippen molar-refractivity contribution in [2.75, 3.05) is 6.61 Å². The van der Waals surface area contributed by atoms with Gasteiger partial charge in [0.05, 0.1) is 17.1 Å². The average molecular weight is 231 g/mol. The first-order valence-corrected chi connectivity index (χ1v) is 6.90. The topological polar surface area (TPSA) is 39.2 Å². The lowest BCUT2D eigenvalue weighted by Crippen LogP contribution is -2.24. The van der Waals surface area contributed by atoms with Crippen LogP contribution in [0.2, 0.25) is 0 Å². The molecule has 0 unspecified atom stereocenters. The summed E-state index contributed by atoms with van der Waals surface area (Å²) >= 11 is 1.57. The second-order valence-corrected chi connectivity index (χ2v) is 5.99. The van der Waals surface area contributed by atoms with Crippen molar-refractivity contribution in [1.29, 1.82) is 0 Å². The fraction of sp³-hybridized carbons (Fsp3) is 0.667. The van der Waals surface area contributed by atoms with Crippen LogP contribution in [-0.2, 0) is 21.3 Å². The molecule has 3 nitrogen and oxygen atoms in total. The summed E-state index contributed by atoms with van der Waals surface area (Å²) in [5, 5.41) is 3.07. The summed E-state index contributed by atoms with van der Waals surface area (Å²) in [4.78, 5) is 4.14. The molecule has 2 heterocycles. The molecule has 0 aromatic carbocycles. The van der Waals surface area contributed by atoms with E-state index >= 15 is 0 Å². The summed E-state index contributed by atoms with van der Waals surface area (Å²) in [5.74, 6) is 0.579. The number of nitrogens with zero attached hydrogens (tertiary/aromatic N) is 1. The maximum Gasteiger partial charge on any atom is 0.105 e. The molecule has 0 spiro atoms. The highest BCUT2D eigenvalue weighted by Crippen LogP contribution is 2.21. The summed E-state index contributed by atoms with van der Waals surface area (Å²) in [5.41, 5.74) is 0. The number of thiazole rings is 1. The van der Waals surface area contributed by atoms with E-state index in [1.807, 2.05) is 12.3 Å². The van der Waals surface area contributed by atoms with Crippen LogP contribution in [0.15, 0.2) is 11.6 Å². The summed E-state index contributed by atoms with van der Waals surface area (Å²) in [7, 11) is -0.832. The molecular weight excluding hydrogens is 218 g/mol. The maximum atomic E-state index is 11.9. The smallest absolute Gasteiger partial charge is 0.105 e. The van der Waals surface area contributed by atoms with Gasteiger partial charge in [0.2, 0.25) is 0 Å². The molecule has 0 N–H and O–H groups in total. The molecule has 14 heavy (non-hydrogen) atoms. The molecule has 1 aliphatic heterocycles. The summed E-state index contributed by atoms with van der Waals surface area (Å²) in [6.45, 7) is 2.74. The highest BCUT2D eigenvalue weighted by Gasteiger charge is 2.29. The highest BCUT2D eigenvalue weighted by atomic mass is 32.2. The third-order valence-corrected chi connectivity index (χ3v) is 5.21. The number of rotatable bonds is 3. The molecule has 5 heteroatoms. The summed E-state index contributed by atoms with van der Waals surface area (Å²) in [6.07, 6.45) is 2.81. The van der Waals surface area contributed by atoms with Crippen LogP contribution in [0.25, 0.3) is 0 Å². The Balaban J connectivity index is 1.95. The van der Waals surface area contributed by atoms with Gasteiger partial charge >= 0.3 is 0 Å². The van der Waals surface area contributed by atoms with Crippen LogP contribution in [0.1, 0.15) is 18.4 Å². The lowest BCUT2D eigenvalue weighted by Gasteiger charge is -2.12. The van der Waals surface area contributed by atoms with E-state index in [2.05, 4.69) is 4.98 Å². The van der Waals surface area contributed by atoms with Crippen LogP contribution in [-0.4, -0.2) is 27.2 Å². The van der Waals surface area contributed by atoms with Crippen molar-refractivity contribution in [3.8, 4) is 0 Å². The summed E-state index contributed by atoms with van der Waals surface area (Å²) < 4.78 is 17.3. The zero-order chi connectivity index (χ0) is 9.97. The number of hydrogen-bond acceptors (Lipinski definition) is 4. The second kappa shape index (κ2) is 4.51. The van der Waals surface area contributed by atoms with Gasteiger partial charge in [-0.25, -0.2) is 4.98 Å². The first-order chi connectivity index (χ1) is 6.77. The van der Waals surface area contributed by atoms with E-state index in [9.17, 15) is 4.21 Å². The van der Waals surface area contributed by atoms with Crippen molar-refractivity contribution in [3.63, 3.8) is 0 Å². The fourth-order valence-corrected chi connectivity index (χ4v) is 4.03. The second-order valence-electron chi connectivity index (χ2n) is 3.35. The van der Waals surface area contributed by atoms with Gasteiger partial charge < -0.3 is 4.74 Å². The minimum absolute atomic E-state index is 0.135. The van der Waals surface area contributed by atoms with Gasteiger partial charge in [-0.15, -0.1) is 11.3 Å². The van der Waals surface area contributed by atoms with Crippen molar-refractivity contribution in [2.24, 2.45) is 0 Å². The zero-order valence-corrected chi connectivity index (χ0v) is 9.64. The maximum absolute atomic E-state index is 11.9. The van der Waals surface area contributed by atoms with E-state index in [4.69, 9.17) is 4.74 Å². The molecule has 1 aliphatic rings. The molecule has 3 atom stereocenters. The van der Waals surface area contributed by atoms with Gasteiger partial charge in [-0.3, -0.25) is 4.21 Å². The van der Waals surface area contributed by atoms with Gasteiger partial charge in [-0.1, -0.05) is 0 Å². The Kier molecular flexibility index (Phi) is 3.30. The monoisotopic (exact) mass is 231 g/mol. The lowest BCUT2D eigenvalue weighted by molar-refractivity contribution is 0.127. The normalized spacial score (nSPS) is 29.2. The minimum Gasteiger partial charge on any atom is -0.377 e. The van der Waals surface area contributed by atoms with Crippen LogP contribution in [0.4, 0.5) is 0 Å². The van der Waals surface area contributed by atoms with Crippen LogP contribution in [0.5, 0.6) is 0 Å². The predicted octanol–water partition coefficient (Wildman–Crippen LogP) is 1.57. The van der Waals surface area contributed by atoms with E-state index < -0.39 is 10.8 Å². The van der Waals surface area contributed by atoms with E-state index in [1.165, 1.54) is 0 Å². The number of hydrogen-bond donors (Lipinski definition) is 0. The largest absolute Gasteiger partial charge is 0.377 e. The van der Waals surface area contributed by atoms with E-state index in [1.54, 1.807) is 17.5 Å². The standard InChI is InChI=1S/C9H13NO2S2/c1-7-8(2-4-12-7)14(11)6-9-10-3-5-13-9/h3,5,7-8H,2,4,6H2,1H3/t7-,8-,14+/m1/s1. The van der Waals surface area contributed by atoms with E-state index in [-0.39, 0.29) is 11.4 Å². The quantitative estimate of drug-likeness (QED) is 0.792. The van der Waals surface area contributed by atoms with Gasteiger partial charge in [-0.2, -0.15) is 0 Å². The predicted molar refractivity (Wildman–Crippen MR) is 57.8 cm³/mol. The van der Waals surface area contributed by atoms with Gasteiger partial charge in [0.25, 0.3) is 0 Å². The molecule has 1 saturated heterocycles. The summed E-state index contributed by atoms with van der Waals surface area (Å²) in [6, 6.07) is 0. The Hall–Kier alpha value is -0.260. The third kappa shape index (κ3) is 2.21. The van der Waals surface area contributed by atoms with Gasteiger partial charge in [0.1, 0.15) is 5.01 Å². The lowest BCUT2D eigenvalue weighted by atomic mass is 10.3. The van der Waals surface area contributed by atoms with E-state index in [0.717, 1.165) is 18.0 Å². The van der Waals surface area contributed by atoms with Crippen LogP contribution >= 0.6 is 11.3 Å². The molecule has 0 bridgehead atoms. The molecular formula is C9H13NO2S2. The van der Waals surface area contributed by atoms with Crippen LogP contribution < -0.4 is 0 Å². The Morgan fingerprint density at radius 2 is 2.64 bits per heavy atom. The molecule has 78 valence electrons. The number of ether oxygens (including phenoxy) is 1. The van der Waals surface area contributed by atoms with Crippen LogP contribution in [0.3, 0.4) is 0 Å². The molecule has 0 amide bonds. The first-order valence-electron chi connectivity index (χ1n) is 4.64. The first kappa shape index (κ1) is 10.3. The molecule has 0 saturated carbocycles. The Labute approximate surface area is 90.0 Å².